The van der Waals surface area contributed by atoms with Crippen molar-refractivity contribution in [1.29, 1.82) is 0 Å². The van der Waals surface area contributed by atoms with Crippen molar-refractivity contribution in [3.05, 3.63) is 39.9 Å². The zero-order valence-corrected chi connectivity index (χ0v) is 15.9. The van der Waals surface area contributed by atoms with Crippen molar-refractivity contribution in [2.75, 3.05) is 13.1 Å². The van der Waals surface area contributed by atoms with Crippen LogP contribution in [0.3, 0.4) is 0 Å². The minimum absolute atomic E-state index is 0.00583. The summed E-state index contributed by atoms with van der Waals surface area (Å²) < 4.78 is 9.84. The van der Waals surface area contributed by atoms with Crippen LogP contribution in [0.5, 0.6) is 5.75 Å². The van der Waals surface area contributed by atoms with Gasteiger partial charge < -0.3 is 14.7 Å². The molecule has 26 heavy (non-hydrogen) atoms. The van der Waals surface area contributed by atoms with Crippen LogP contribution in [0.25, 0.3) is 0 Å². The summed E-state index contributed by atoms with van der Waals surface area (Å²) in [6, 6.07) is 7.22. The summed E-state index contributed by atoms with van der Waals surface area (Å²) in [6.45, 7) is 3.16. The Labute approximate surface area is 160 Å². The van der Waals surface area contributed by atoms with E-state index in [2.05, 4.69) is 9.59 Å². The molecule has 138 valence electrons. The predicted octanol–water partition coefficient (Wildman–Crippen LogP) is 2.79. The van der Waals surface area contributed by atoms with Gasteiger partial charge in [0.1, 0.15) is 16.7 Å². The molecule has 0 spiro atoms. The van der Waals surface area contributed by atoms with Crippen LogP contribution in [0.4, 0.5) is 0 Å². The third kappa shape index (κ3) is 3.43. The molecule has 1 N–H and O–H groups in total. The van der Waals surface area contributed by atoms with Gasteiger partial charge in [-0.2, -0.15) is 0 Å². The van der Waals surface area contributed by atoms with Crippen LogP contribution in [0.15, 0.2) is 24.3 Å². The summed E-state index contributed by atoms with van der Waals surface area (Å²) in [6.07, 6.45) is 0.537. The number of aromatic nitrogens is 2. The third-order valence-electron chi connectivity index (χ3n) is 5.30. The number of aryl methyl sites for hydroxylation is 1. The van der Waals surface area contributed by atoms with E-state index in [-0.39, 0.29) is 12.0 Å². The molecule has 4 rings (SSSR count). The Balaban J connectivity index is 1.43. The lowest BCUT2D eigenvalue weighted by molar-refractivity contribution is -0.0231. The third-order valence-corrected chi connectivity index (χ3v) is 6.35. The van der Waals surface area contributed by atoms with Crippen molar-refractivity contribution in [2.45, 2.75) is 32.0 Å². The Bertz CT molecular complexity index is 814. The van der Waals surface area contributed by atoms with Gasteiger partial charge in [-0.25, -0.2) is 0 Å². The molecule has 0 bridgehead atoms. The SMILES string of the molecule is Cc1nnsc1C(=O)N1C[C@H]2C[C@@H](Oc3cccc(Cl)c3)[C@H](O)C[C@H]2C1. The number of aliphatic hydroxyl groups excluding tert-OH is 1. The average molecular weight is 394 g/mol. The van der Waals surface area contributed by atoms with Gasteiger partial charge in [-0.1, -0.05) is 22.2 Å². The van der Waals surface area contributed by atoms with Gasteiger partial charge in [0.25, 0.3) is 5.91 Å². The second-order valence-corrected chi connectivity index (χ2v) is 8.26. The van der Waals surface area contributed by atoms with Crippen molar-refractivity contribution in [1.82, 2.24) is 14.5 Å². The van der Waals surface area contributed by atoms with Gasteiger partial charge in [0.05, 0.1) is 11.8 Å². The second-order valence-electron chi connectivity index (χ2n) is 7.07. The lowest BCUT2D eigenvalue weighted by atomic mass is 9.78. The van der Waals surface area contributed by atoms with E-state index in [1.54, 1.807) is 19.1 Å². The normalized spacial score (nSPS) is 28.0. The molecule has 2 aromatic rings. The van der Waals surface area contributed by atoms with Crippen LogP contribution in [0, 0.1) is 18.8 Å². The maximum absolute atomic E-state index is 12.7. The van der Waals surface area contributed by atoms with Gasteiger partial charge in [-0.3, -0.25) is 4.79 Å². The lowest BCUT2D eigenvalue weighted by Gasteiger charge is -2.35. The van der Waals surface area contributed by atoms with Crippen molar-refractivity contribution in [2.24, 2.45) is 11.8 Å². The number of likely N-dealkylation sites (tertiary alicyclic amines) is 1. The molecular weight excluding hydrogens is 374 g/mol. The van der Waals surface area contributed by atoms with Crippen LogP contribution in [0.2, 0.25) is 5.02 Å². The Morgan fingerprint density at radius 3 is 2.81 bits per heavy atom. The van der Waals surface area contributed by atoms with Gasteiger partial charge in [-0.15, -0.1) is 5.10 Å². The van der Waals surface area contributed by atoms with Crippen molar-refractivity contribution in [3.8, 4) is 5.75 Å². The van der Waals surface area contributed by atoms with E-state index in [0.29, 0.717) is 52.7 Å². The lowest BCUT2D eigenvalue weighted by Crippen LogP contribution is -2.42. The van der Waals surface area contributed by atoms with E-state index in [1.165, 1.54) is 0 Å². The summed E-state index contributed by atoms with van der Waals surface area (Å²) in [7, 11) is 0. The molecule has 2 heterocycles. The summed E-state index contributed by atoms with van der Waals surface area (Å²) in [5, 5.41) is 15.1. The van der Waals surface area contributed by atoms with E-state index in [0.717, 1.165) is 18.0 Å². The number of hydrogen-bond donors (Lipinski definition) is 1. The van der Waals surface area contributed by atoms with Crippen LogP contribution in [0.1, 0.15) is 28.2 Å². The zero-order chi connectivity index (χ0) is 18.3. The van der Waals surface area contributed by atoms with Gasteiger partial charge in [0, 0.05) is 18.1 Å². The first-order valence-electron chi connectivity index (χ1n) is 8.70. The average Bonchev–Trinajstić information content (AvgIpc) is 3.20. The number of nitrogens with zero attached hydrogens (tertiary/aromatic N) is 3. The standard InChI is InChI=1S/C18H20ClN3O3S/c1-10-17(26-21-20-10)18(24)22-8-11-5-15(23)16(6-12(11)9-22)25-14-4-2-3-13(19)7-14/h2-4,7,11-12,15-16,23H,5-6,8-9H2,1H3/t11-,12+,15+,16+/m0/s1. The fraction of sp³-hybridized carbons (Fsp3) is 0.500. The molecule has 0 unspecified atom stereocenters. The van der Waals surface area contributed by atoms with E-state index >= 15 is 0 Å². The molecule has 1 aromatic heterocycles. The van der Waals surface area contributed by atoms with Crippen molar-refractivity contribution >= 4 is 29.0 Å². The number of benzene rings is 1. The molecule has 1 amide bonds. The summed E-state index contributed by atoms with van der Waals surface area (Å²) in [5.41, 5.74) is 0.678. The van der Waals surface area contributed by atoms with Crippen LogP contribution in [-0.4, -0.2) is 50.8 Å². The van der Waals surface area contributed by atoms with Gasteiger partial charge in [0.2, 0.25) is 0 Å². The van der Waals surface area contributed by atoms with Gasteiger partial charge in [-0.05, 0) is 61.3 Å². The molecule has 6 nitrogen and oxygen atoms in total. The number of halogens is 1. The van der Waals surface area contributed by atoms with Crippen molar-refractivity contribution in [3.63, 3.8) is 0 Å². The maximum atomic E-state index is 12.7. The Morgan fingerprint density at radius 1 is 1.35 bits per heavy atom. The Kier molecular flexibility index (Phi) is 4.86. The first-order chi connectivity index (χ1) is 12.5. The van der Waals surface area contributed by atoms with Crippen LogP contribution in [-0.2, 0) is 0 Å². The minimum atomic E-state index is -0.544. The van der Waals surface area contributed by atoms with E-state index in [4.69, 9.17) is 16.3 Å². The van der Waals surface area contributed by atoms with E-state index < -0.39 is 6.10 Å². The fourth-order valence-corrected chi connectivity index (χ4v) is 4.77. The van der Waals surface area contributed by atoms with E-state index in [9.17, 15) is 9.90 Å². The summed E-state index contributed by atoms with van der Waals surface area (Å²) in [4.78, 5) is 15.2. The number of hydrogen-bond acceptors (Lipinski definition) is 6. The number of fused-ring (bicyclic) bond motifs is 1. The monoisotopic (exact) mass is 393 g/mol. The quantitative estimate of drug-likeness (QED) is 0.867. The first-order valence-corrected chi connectivity index (χ1v) is 9.85. The number of ether oxygens (including phenoxy) is 1. The maximum Gasteiger partial charge on any atom is 0.267 e. The highest BCUT2D eigenvalue weighted by atomic mass is 35.5. The number of rotatable bonds is 3. The van der Waals surface area contributed by atoms with Gasteiger partial charge in [0.15, 0.2) is 0 Å². The fourth-order valence-electron chi connectivity index (χ4n) is 3.97. The summed E-state index contributed by atoms with van der Waals surface area (Å²) in [5.74, 6) is 1.29. The van der Waals surface area contributed by atoms with Gasteiger partial charge >= 0.3 is 0 Å². The molecule has 2 aliphatic rings. The molecule has 1 aliphatic heterocycles. The molecule has 1 saturated heterocycles. The highest BCUT2D eigenvalue weighted by Crippen LogP contribution is 2.38. The second kappa shape index (κ2) is 7.13. The molecule has 4 atom stereocenters. The molecular formula is C18H20ClN3O3S. The number of carbonyl (C=O) groups excluding carboxylic acids is 1. The number of amides is 1. The van der Waals surface area contributed by atoms with E-state index in [1.807, 2.05) is 17.0 Å². The largest absolute Gasteiger partial charge is 0.488 e. The van der Waals surface area contributed by atoms with Crippen LogP contribution < -0.4 is 4.74 Å². The topological polar surface area (TPSA) is 75.6 Å². The molecule has 8 heteroatoms. The highest BCUT2D eigenvalue weighted by Gasteiger charge is 2.44. The Hall–Kier alpha value is -1.70. The molecule has 1 aliphatic carbocycles. The minimum Gasteiger partial charge on any atom is -0.488 e. The predicted molar refractivity (Wildman–Crippen MR) is 98.6 cm³/mol. The number of carbonyl (C=O) groups is 1. The number of aliphatic hydroxyl groups is 1. The summed E-state index contributed by atoms with van der Waals surface area (Å²) >= 11 is 7.15. The van der Waals surface area contributed by atoms with Crippen LogP contribution >= 0.6 is 23.1 Å². The highest BCUT2D eigenvalue weighted by molar-refractivity contribution is 7.07. The molecule has 0 radical (unpaired) electrons. The molecule has 1 saturated carbocycles. The smallest absolute Gasteiger partial charge is 0.267 e. The molecule has 1 aromatic carbocycles. The van der Waals surface area contributed by atoms with Crippen molar-refractivity contribution < 1.29 is 14.6 Å². The molecule has 2 fully saturated rings. The Morgan fingerprint density at radius 2 is 2.12 bits per heavy atom. The first kappa shape index (κ1) is 17.7. The zero-order valence-electron chi connectivity index (χ0n) is 14.3.